The van der Waals surface area contributed by atoms with Crippen molar-refractivity contribution in [3.63, 3.8) is 0 Å². The third-order valence-electron chi connectivity index (χ3n) is 2.97. The van der Waals surface area contributed by atoms with Crippen LogP contribution in [-0.4, -0.2) is 10.3 Å². The zero-order valence-corrected chi connectivity index (χ0v) is 13.1. The maximum Gasteiger partial charge on any atom is 0.134 e. The van der Waals surface area contributed by atoms with Crippen LogP contribution in [0.1, 0.15) is 41.5 Å². The molecular formula is C16H23OP. The van der Waals surface area contributed by atoms with Crippen LogP contribution < -0.4 is 5.50 Å². The molecule has 0 aliphatic heterocycles. The predicted octanol–water partition coefficient (Wildman–Crippen LogP) is 5.14. The van der Waals surface area contributed by atoms with Crippen LogP contribution in [0, 0.1) is 0 Å². The Hall–Kier alpha value is -0.810. The van der Waals surface area contributed by atoms with Crippen molar-refractivity contribution in [2.75, 3.05) is 0 Å². The average molecular weight is 262 g/mol. The largest absolute Gasteiger partial charge is 0.456 e. The smallest absolute Gasteiger partial charge is 0.134 e. The summed E-state index contributed by atoms with van der Waals surface area (Å²) in [6.45, 7) is 13.9. The van der Waals surface area contributed by atoms with Gasteiger partial charge in [-0.2, -0.15) is 0 Å². The molecule has 0 aliphatic rings. The van der Waals surface area contributed by atoms with E-state index in [9.17, 15) is 0 Å². The molecule has 2 heteroatoms. The van der Waals surface area contributed by atoms with Crippen LogP contribution in [-0.2, 0) is 0 Å². The number of hydrogen-bond acceptors (Lipinski definition) is 1. The Morgan fingerprint density at radius 3 is 1.94 bits per heavy atom. The summed E-state index contributed by atoms with van der Waals surface area (Å²) in [7, 11) is -0.351. The van der Waals surface area contributed by atoms with Gasteiger partial charge in [-0.25, -0.2) is 0 Å². The molecule has 0 saturated carbocycles. The monoisotopic (exact) mass is 262 g/mol. The molecule has 0 N–H and O–H groups in total. The zero-order valence-electron chi connectivity index (χ0n) is 12.2. The van der Waals surface area contributed by atoms with Crippen molar-refractivity contribution in [1.29, 1.82) is 0 Å². The van der Waals surface area contributed by atoms with Gasteiger partial charge >= 0.3 is 0 Å². The number of hydrogen-bond donors (Lipinski definition) is 0. The van der Waals surface area contributed by atoms with Gasteiger partial charge in [0.2, 0.25) is 0 Å². The quantitative estimate of drug-likeness (QED) is 0.649. The Labute approximate surface area is 111 Å². The van der Waals surface area contributed by atoms with E-state index in [2.05, 4.69) is 65.8 Å². The number of fused-ring (bicyclic) bond motifs is 1. The molecule has 0 radical (unpaired) electrons. The minimum atomic E-state index is -0.351. The number of benzene rings is 1. The SMILES string of the molecule is CC(C)(C)P(c1cc2ccccc2o1)C(C)(C)C. The van der Waals surface area contributed by atoms with Crippen molar-refractivity contribution in [3.8, 4) is 0 Å². The molecule has 0 amide bonds. The first kappa shape index (κ1) is 13.6. The van der Waals surface area contributed by atoms with E-state index < -0.39 is 0 Å². The molecule has 0 fully saturated rings. The van der Waals surface area contributed by atoms with Crippen LogP contribution >= 0.6 is 7.92 Å². The van der Waals surface area contributed by atoms with E-state index in [4.69, 9.17) is 4.42 Å². The molecule has 2 rings (SSSR count). The van der Waals surface area contributed by atoms with Crippen LogP contribution in [0.25, 0.3) is 11.0 Å². The second kappa shape index (κ2) is 4.38. The molecule has 0 bridgehead atoms. The minimum Gasteiger partial charge on any atom is -0.456 e. The summed E-state index contributed by atoms with van der Waals surface area (Å²) in [5, 5.41) is 1.72. The van der Waals surface area contributed by atoms with E-state index in [1.165, 1.54) is 10.9 Å². The molecule has 0 aliphatic carbocycles. The highest BCUT2D eigenvalue weighted by Gasteiger charge is 2.38. The molecule has 0 saturated heterocycles. The Bertz CT molecular complexity index is 493. The van der Waals surface area contributed by atoms with Gasteiger partial charge in [-0.1, -0.05) is 59.7 Å². The Morgan fingerprint density at radius 2 is 1.44 bits per heavy atom. The van der Waals surface area contributed by atoms with Gasteiger partial charge in [0.25, 0.3) is 0 Å². The second-order valence-electron chi connectivity index (χ2n) is 6.80. The van der Waals surface area contributed by atoms with Crippen molar-refractivity contribution in [2.45, 2.75) is 51.9 Å². The summed E-state index contributed by atoms with van der Waals surface area (Å²) in [6, 6.07) is 10.5. The third-order valence-corrected chi connectivity index (χ3v) is 6.32. The number of rotatable bonds is 1. The summed E-state index contributed by atoms with van der Waals surface area (Å²) in [6.07, 6.45) is 0. The van der Waals surface area contributed by atoms with Gasteiger partial charge in [0.05, 0.1) is 0 Å². The predicted molar refractivity (Wildman–Crippen MR) is 82.3 cm³/mol. The minimum absolute atomic E-state index is 0.251. The van der Waals surface area contributed by atoms with Crippen LogP contribution in [0.4, 0.5) is 0 Å². The molecule has 18 heavy (non-hydrogen) atoms. The van der Waals surface area contributed by atoms with Crippen LogP contribution in [0.2, 0.25) is 0 Å². The Kier molecular flexibility index (Phi) is 3.32. The topological polar surface area (TPSA) is 13.1 Å². The van der Waals surface area contributed by atoms with E-state index in [1.54, 1.807) is 0 Å². The molecule has 0 spiro atoms. The lowest BCUT2D eigenvalue weighted by atomic mass is 10.2. The molecule has 1 nitrogen and oxygen atoms in total. The van der Waals surface area contributed by atoms with Crippen LogP contribution in [0.15, 0.2) is 34.7 Å². The van der Waals surface area contributed by atoms with E-state index in [0.29, 0.717) is 0 Å². The molecule has 0 unspecified atom stereocenters. The lowest BCUT2D eigenvalue weighted by Gasteiger charge is -2.39. The fourth-order valence-corrected chi connectivity index (χ4v) is 6.54. The molecule has 1 aromatic carbocycles. The van der Waals surface area contributed by atoms with Gasteiger partial charge < -0.3 is 4.42 Å². The van der Waals surface area contributed by atoms with Gasteiger partial charge in [0.1, 0.15) is 11.1 Å². The molecule has 2 aromatic rings. The fraction of sp³-hybridized carbons (Fsp3) is 0.500. The summed E-state index contributed by atoms with van der Waals surface area (Å²) in [5.41, 5.74) is 2.18. The summed E-state index contributed by atoms with van der Waals surface area (Å²) in [4.78, 5) is 0. The average Bonchev–Trinajstić information content (AvgIpc) is 2.54. The number of furan rings is 1. The van der Waals surface area contributed by atoms with Gasteiger partial charge in [0, 0.05) is 5.39 Å². The number of para-hydroxylation sites is 1. The first-order valence-corrected chi connectivity index (χ1v) is 7.83. The van der Waals surface area contributed by atoms with E-state index in [1.807, 2.05) is 6.07 Å². The molecular weight excluding hydrogens is 239 g/mol. The van der Waals surface area contributed by atoms with Crippen molar-refractivity contribution >= 4 is 24.4 Å². The fourth-order valence-electron chi connectivity index (χ4n) is 2.75. The van der Waals surface area contributed by atoms with Gasteiger partial charge in [0.15, 0.2) is 0 Å². The lowest BCUT2D eigenvalue weighted by Crippen LogP contribution is -2.30. The Morgan fingerprint density at radius 1 is 0.889 bits per heavy atom. The highest BCUT2D eigenvalue weighted by Crippen LogP contribution is 2.58. The van der Waals surface area contributed by atoms with Gasteiger partial charge in [-0.05, 0) is 30.4 Å². The summed E-state index contributed by atoms with van der Waals surface area (Å²) < 4.78 is 6.11. The highest BCUT2D eigenvalue weighted by molar-refractivity contribution is 7.68. The summed E-state index contributed by atoms with van der Waals surface area (Å²) >= 11 is 0. The molecule has 0 atom stereocenters. The Balaban J connectivity index is 2.55. The van der Waals surface area contributed by atoms with Crippen molar-refractivity contribution in [1.82, 2.24) is 0 Å². The maximum atomic E-state index is 6.11. The van der Waals surface area contributed by atoms with Gasteiger partial charge in [-0.3, -0.25) is 0 Å². The van der Waals surface area contributed by atoms with Crippen molar-refractivity contribution in [3.05, 3.63) is 30.3 Å². The van der Waals surface area contributed by atoms with Crippen molar-refractivity contribution in [2.24, 2.45) is 0 Å². The van der Waals surface area contributed by atoms with Crippen molar-refractivity contribution < 1.29 is 4.42 Å². The first-order chi connectivity index (χ1) is 8.19. The lowest BCUT2D eigenvalue weighted by molar-refractivity contribution is 0.636. The zero-order chi connectivity index (χ0) is 13.6. The van der Waals surface area contributed by atoms with Crippen LogP contribution in [0.5, 0.6) is 0 Å². The molecule has 1 heterocycles. The third kappa shape index (κ3) is 2.62. The molecule has 98 valence electrons. The highest BCUT2D eigenvalue weighted by atomic mass is 31.1. The van der Waals surface area contributed by atoms with E-state index in [-0.39, 0.29) is 18.2 Å². The first-order valence-electron chi connectivity index (χ1n) is 6.48. The van der Waals surface area contributed by atoms with E-state index >= 15 is 0 Å². The normalized spacial score (nSPS) is 13.5. The van der Waals surface area contributed by atoms with Gasteiger partial charge in [-0.15, -0.1) is 0 Å². The summed E-state index contributed by atoms with van der Waals surface area (Å²) in [5.74, 6) is 0. The van der Waals surface area contributed by atoms with Crippen LogP contribution in [0.3, 0.4) is 0 Å². The van der Waals surface area contributed by atoms with E-state index in [0.717, 1.165) is 5.58 Å². The second-order valence-corrected chi connectivity index (χ2v) is 10.6. The maximum absolute atomic E-state index is 6.11. The standard InChI is InChI=1S/C16H23OP/c1-15(2,3)18(16(4,5)6)14-11-12-9-7-8-10-13(12)17-14/h7-11H,1-6H3. The molecule has 1 aromatic heterocycles.